The monoisotopic (exact) mass is 344 g/mol. The van der Waals surface area contributed by atoms with Gasteiger partial charge in [-0.2, -0.15) is 0 Å². The summed E-state index contributed by atoms with van der Waals surface area (Å²) >= 11 is 5.90. The quantitative estimate of drug-likeness (QED) is 0.831. The van der Waals surface area contributed by atoms with Gasteiger partial charge in [-0.1, -0.05) is 48.0 Å². The molecule has 0 radical (unpaired) electrons. The number of nitrogens with one attached hydrogen (secondary N) is 1. The minimum Gasteiger partial charge on any atom is -0.334 e. The van der Waals surface area contributed by atoms with Crippen LogP contribution in [0.4, 0.5) is 5.69 Å². The van der Waals surface area contributed by atoms with Crippen molar-refractivity contribution in [2.45, 2.75) is 19.8 Å². The van der Waals surface area contributed by atoms with Gasteiger partial charge >= 0.3 is 0 Å². The van der Waals surface area contributed by atoms with Gasteiger partial charge in [-0.05, 0) is 36.6 Å². The Morgan fingerprint density at radius 3 is 2.50 bits per heavy atom. The number of carbonyl (C=O) groups excluding carboxylic acids is 2. The lowest BCUT2D eigenvalue weighted by atomic mass is 10.1. The summed E-state index contributed by atoms with van der Waals surface area (Å²) in [5, 5.41) is 3.31. The Morgan fingerprint density at radius 1 is 1.08 bits per heavy atom. The third-order valence-electron chi connectivity index (χ3n) is 3.62. The zero-order valence-corrected chi connectivity index (χ0v) is 14.4. The highest BCUT2D eigenvalue weighted by atomic mass is 35.5. The first kappa shape index (κ1) is 18.0. The van der Waals surface area contributed by atoms with Crippen LogP contribution in [0.25, 0.3) is 0 Å². The number of amides is 2. The average Bonchev–Trinajstić information content (AvgIpc) is 2.54. The normalized spacial score (nSPS) is 10.2. The molecule has 0 saturated carbocycles. The molecule has 2 aromatic rings. The lowest BCUT2D eigenvalue weighted by Gasteiger charge is -2.20. The first-order chi connectivity index (χ1) is 11.5. The Morgan fingerprint density at radius 2 is 1.83 bits per heavy atom. The van der Waals surface area contributed by atoms with Crippen molar-refractivity contribution in [3.05, 3.63) is 65.2 Å². The van der Waals surface area contributed by atoms with Crippen LogP contribution >= 0.6 is 11.6 Å². The van der Waals surface area contributed by atoms with E-state index in [1.54, 1.807) is 29.2 Å². The second-order valence-corrected chi connectivity index (χ2v) is 6.02. The maximum absolute atomic E-state index is 12.1. The molecular formula is C19H21ClN2O2. The Labute approximate surface area is 147 Å². The second kappa shape index (κ2) is 9.08. The molecule has 126 valence electrons. The summed E-state index contributed by atoms with van der Waals surface area (Å²) in [5.41, 5.74) is 1.85. The van der Waals surface area contributed by atoms with E-state index in [-0.39, 0.29) is 18.4 Å². The van der Waals surface area contributed by atoms with E-state index < -0.39 is 0 Å². The smallest absolute Gasteiger partial charge is 0.243 e. The Balaban J connectivity index is 1.84. The summed E-state index contributed by atoms with van der Waals surface area (Å²) in [5.74, 6) is -0.337. The van der Waals surface area contributed by atoms with Crippen molar-refractivity contribution in [3.63, 3.8) is 0 Å². The molecule has 2 rings (SSSR count). The van der Waals surface area contributed by atoms with Crippen LogP contribution in [-0.2, 0) is 16.0 Å². The third-order valence-corrected chi connectivity index (χ3v) is 3.86. The number of anilines is 1. The molecule has 0 aliphatic rings. The van der Waals surface area contributed by atoms with Gasteiger partial charge in [-0.25, -0.2) is 0 Å². The van der Waals surface area contributed by atoms with E-state index in [0.717, 1.165) is 12.8 Å². The summed E-state index contributed by atoms with van der Waals surface area (Å²) < 4.78 is 0. The minimum absolute atomic E-state index is 0.0383. The van der Waals surface area contributed by atoms with Gasteiger partial charge in [0.25, 0.3) is 0 Å². The van der Waals surface area contributed by atoms with Gasteiger partial charge in [0.2, 0.25) is 11.8 Å². The van der Waals surface area contributed by atoms with Crippen molar-refractivity contribution in [2.24, 2.45) is 0 Å². The lowest BCUT2D eigenvalue weighted by molar-refractivity contribution is -0.132. The van der Waals surface area contributed by atoms with Crippen molar-refractivity contribution in [3.8, 4) is 0 Å². The van der Waals surface area contributed by atoms with E-state index in [1.165, 1.54) is 12.5 Å². The number of carbonyl (C=O) groups is 2. The Hall–Kier alpha value is -2.33. The highest BCUT2D eigenvalue weighted by Crippen LogP contribution is 2.14. The van der Waals surface area contributed by atoms with E-state index in [1.807, 2.05) is 18.2 Å². The predicted octanol–water partition coefficient (Wildman–Crippen LogP) is 3.76. The van der Waals surface area contributed by atoms with Crippen molar-refractivity contribution >= 4 is 29.1 Å². The van der Waals surface area contributed by atoms with Crippen molar-refractivity contribution in [1.29, 1.82) is 0 Å². The van der Waals surface area contributed by atoms with E-state index in [2.05, 4.69) is 17.4 Å². The van der Waals surface area contributed by atoms with Crippen LogP contribution < -0.4 is 5.32 Å². The van der Waals surface area contributed by atoms with Crippen LogP contribution in [0, 0.1) is 0 Å². The molecule has 1 N–H and O–H groups in total. The van der Waals surface area contributed by atoms with Gasteiger partial charge in [0, 0.05) is 24.2 Å². The van der Waals surface area contributed by atoms with Crippen molar-refractivity contribution in [2.75, 3.05) is 18.4 Å². The lowest BCUT2D eigenvalue weighted by Crippen LogP contribution is -2.37. The summed E-state index contributed by atoms with van der Waals surface area (Å²) in [6.07, 6.45) is 1.69. The number of benzene rings is 2. The van der Waals surface area contributed by atoms with Crippen LogP contribution in [0.3, 0.4) is 0 Å². The maximum Gasteiger partial charge on any atom is 0.243 e. The molecule has 4 nitrogen and oxygen atoms in total. The highest BCUT2D eigenvalue weighted by Gasteiger charge is 2.13. The summed E-state index contributed by atoms with van der Waals surface area (Å²) in [6, 6.07) is 17.0. The van der Waals surface area contributed by atoms with Gasteiger partial charge < -0.3 is 10.2 Å². The minimum atomic E-state index is -0.229. The number of rotatable bonds is 7. The zero-order chi connectivity index (χ0) is 17.4. The third kappa shape index (κ3) is 6.05. The predicted molar refractivity (Wildman–Crippen MR) is 97.1 cm³/mol. The van der Waals surface area contributed by atoms with Gasteiger partial charge in [0.05, 0.1) is 6.54 Å². The van der Waals surface area contributed by atoms with E-state index in [0.29, 0.717) is 17.3 Å². The molecule has 0 fully saturated rings. The standard InChI is InChI=1S/C19H21ClN2O2/c1-15(23)22(12-6-9-16-7-3-2-4-8-16)14-19(24)21-18-11-5-10-17(20)13-18/h2-5,7-8,10-11,13H,6,9,12,14H2,1H3,(H,21,24). The molecule has 0 saturated heterocycles. The summed E-state index contributed by atoms with van der Waals surface area (Å²) in [7, 11) is 0. The topological polar surface area (TPSA) is 49.4 Å². The first-order valence-electron chi connectivity index (χ1n) is 7.89. The molecule has 2 amide bonds. The summed E-state index contributed by atoms with van der Waals surface area (Å²) in [4.78, 5) is 25.4. The Bertz CT molecular complexity index is 689. The number of hydrogen-bond acceptors (Lipinski definition) is 2. The molecule has 0 heterocycles. The largest absolute Gasteiger partial charge is 0.334 e. The molecule has 0 spiro atoms. The van der Waals surface area contributed by atoms with Crippen molar-refractivity contribution < 1.29 is 9.59 Å². The van der Waals surface area contributed by atoms with Gasteiger partial charge in [-0.15, -0.1) is 0 Å². The fourth-order valence-electron chi connectivity index (χ4n) is 2.41. The fourth-order valence-corrected chi connectivity index (χ4v) is 2.60. The number of aryl methyl sites for hydroxylation is 1. The van der Waals surface area contributed by atoms with Crippen LogP contribution in [0.2, 0.25) is 5.02 Å². The van der Waals surface area contributed by atoms with Crippen LogP contribution in [-0.4, -0.2) is 29.8 Å². The van der Waals surface area contributed by atoms with Crippen molar-refractivity contribution in [1.82, 2.24) is 4.90 Å². The zero-order valence-electron chi connectivity index (χ0n) is 13.7. The maximum atomic E-state index is 12.1. The SMILES string of the molecule is CC(=O)N(CCCc1ccccc1)CC(=O)Nc1cccc(Cl)c1. The van der Waals surface area contributed by atoms with Gasteiger partial charge in [0.1, 0.15) is 0 Å². The second-order valence-electron chi connectivity index (χ2n) is 5.59. The number of halogens is 1. The van der Waals surface area contributed by atoms with Crippen LogP contribution in [0.5, 0.6) is 0 Å². The molecule has 24 heavy (non-hydrogen) atoms. The van der Waals surface area contributed by atoms with Crippen LogP contribution in [0.15, 0.2) is 54.6 Å². The molecule has 0 aliphatic carbocycles. The average molecular weight is 345 g/mol. The fraction of sp³-hybridized carbons (Fsp3) is 0.263. The van der Waals surface area contributed by atoms with Crippen LogP contribution in [0.1, 0.15) is 18.9 Å². The van der Waals surface area contributed by atoms with E-state index >= 15 is 0 Å². The molecule has 0 atom stereocenters. The highest BCUT2D eigenvalue weighted by molar-refractivity contribution is 6.30. The molecular weight excluding hydrogens is 324 g/mol. The number of hydrogen-bond donors (Lipinski definition) is 1. The molecule has 5 heteroatoms. The van der Waals surface area contributed by atoms with Gasteiger partial charge in [0.15, 0.2) is 0 Å². The number of nitrogens with zero attached hydrogens (tertiary/aromatic N) is 1. The summed E-state index contributed by atoms with van der Waals surface area (Å²) in [6.45, 7) is 2.07. The molecule has 0 aromatic heterocycles. The van der Waals surface area contributed by atoms with E-state index in [4.69, 9.17) is 11.6 Å². The first-order valence-corrected chi connectivity index (χ1v) is 8.27. The molecule has 0 unspecified atom stereocenters. The molecule has 2 aromatic carbocycles. The van der Waals surface area contributed by atoms with E-state index in [9.17, 15) is 9.59 Å². The molecule has 0 bridgehead atoms. The van der Waals surface area contributed by atoms with Gasteiger partial charge in [-0.3, -0.25) is 9.59 Å². The Kier molecular flexibility index (Phi) is 6.82. The molecule has 0 aliphatic heterocycles.